The van der Waals surface area contributed by atoms with Crippen molar-refractivity contribution in [3.05, 3.63) is 12.5 Å². The van der Waals surface area contributed by atoms with E-state index >= 15 is 0 Å². The molecule has 0 bridgehead atoms. The number of H-pyrrole nitrogens is 1. The summed E-state index contributed by atoms with van der Waals surface area (Å²) in [5.41, 5.74) is 4.62. The predicted molar refractivity (Wildman–Crippen MR) is 63.5 cm³/mol. The summed E-state index contributed by atoms with van der Waals surface area (Å²) in [5.74, 6) is -0.108. The number of sulfonamides is 1. The normalized spacial score (nSPS) is 20.1. The zero-order valence-electron chi connectivity index (χ0n) is 9.63. The molecule has 5 N–H and O–H groups in total. The number of nitrogens with one attached hydrogen (secondary N) is 2. The number of amidine groups is 1. The molecule has 0 saturated heterocycles. The van der Waals surface area contributed by atoms with Gasteiger partial charge in [0.25, 0.3) is 10.0 Å². The zero-order valence-corrected chi connectivity index (χ0v) is 10.4. The summed E-state index contributed by atoms with van der Waals surface area (Å²) in [6, 6.07) is 0. The molecule has 8 nitrogen and oxygen atoms in total. The first-order valence-corrected chi connectivity index (χ1v) is 6.99. The average Bonchev–Trinajstić information content (AvgIpc) is 2.98. The van der Waals surface area contributed by atoms with Gasteiger partial charge in [0.2, 0.25) is 0 Å². The predicted octanol–water partition coefficient (Wildman–Crippen LogP) is -0.253. The van der Waals surface area contributed by atoms with Gasteiger partial charge < -0.3 is 15.9 Å². The second kappa shape index (κ2) is 4.58. The minimum Gasteiger partial charge on any atom is -0.409 e. The number of imidazole rings is 1. The van der Waals surface area contributed by atoms with Gasteiger partial charge in [-0.1, -0.05) is 18.0 Å². The molecule has 1 fully saturated rings. The summed E-state index contributed by atoms with van der Waals surface area (Å²) in [6.45, 7) is 0. The summed E-state index contributed by atoms with van der Waals surface area (Å²) in [7, 11) is -3.75. The molecule has 9 heteroatoms. The molecule has 0 amide bonds. The largest absolute Gasteiger partial charge is 0.409 e. The van der Waals surface area contributed by atoms with E-state index in [1.165, 1.54) is 12.5 Å². The molecule has 1 heterocycles. The van der Waals surface area contributed by atoms with Crippen LogP contribution in [0.5, 0.6) is 0 Å². The number of hydrogen-bond acceptors (Lipinski definition) is 5. The number of rotatable bonds is 4. The van der Waals surface area contributed by atoms with Gasteiger partial charge >= 0.3 is 0 Å². The summed E-state index contributed by atoms with van der Waals surface area (Å²) in [6.07, 6.45) is 5.15. The lowest BCUT2D eigenvalue weighted by Gasteiger charge is -2.27. The van der Waals surface area contributed by atoms with Gasteiger partial charge in [-0.25, -0.2) is 13.4 Å². The van der Waals surface area contributed by atoms with Crippen molar-refractivity contribution in [2.45, 2.75) is 36.2 Å². The van der Waals surface area contributed by atoms with Gasteiger partial charge in [0.05, 0.1) is 18.1 Å². The number of aromatic nitrogens is 2. The van der Waals surface area contributed by atoms with E-state index in [0.717, 1.165) is 12.8 Å². The van der Waals surface area contributed by atoms with Crippen molar-refractivity contribution >= 4 is 15.9 Å². The lowest BCUT2D eigenvalue weighted by Crippen LogP contribution is -2.55. The molecule has 0 aromatic carbocycles. The van der Waals surface area contributed by atoms with Crippen molar-refractivity contribution in [1.82, 2.24) is 14.7 Å². The number of nitrogens with zero attached hydrogens (tertiary/aromatic N) is 2. The third-order valence-corrected chi connectivity index (χ3v) is 4.61. The van der Waals surface area contributed by atoms with Gasteiger partial charge in [-0.2, -0.15) is 4.72 Å². The van der Waals surface area contributed by atoms with Crippen molar-refractivity contribution in [2.75, 3.05) is 0 Å². The third kappa shape index (κ3) is 2.18. The molecule has 1 aromatic rings. The molecule has 0 atom stereocenters. The Kier molecular flexibility index (Phi) is 3.26. The first kappa shape index (κ1) is 12.8. The van der Waals surface area contributed by atoms with Crippen molar-refractivity contribution in [3.63, 3.8) is 0 Å². The fourth-order valence-electron chi connectivity index (χ4n) is 2.19. The van der Waals surface area contributed by atoms with E-state index in [1.54, 1.807) is 0 Å². The Morgan fingerprint density at radius 2 is 2.22 bits per heavy atom. The van der Waals surface area contributed by atoms with Crippen molar-refractivity contribution < 1.29 is 13.6 Å². The first-order chi connectivity index (χ1) is 8.50. The van der Waals surface area contributed by atoms with Crippen LogP contribution in [-0.4, -0.2) is 35.0 Å². The molecule has 1 aliphatic rings. The van der Waals surface area contributed by atoms with Gasteiger partial charge in [-0.3, -0.25) is 0 Å². The van der Waals surface area contributed by atoms with E-state index in [4.69, 9.17) is 10.9 Å². The Morgan fingerprint density at radius 1 is 1.56 bits per heavy atom. The van der Waals surface area contributed by atoms with Crippen molar-refractivity contribution in [3.8, 4) is 0 Å². The van der Waals surface area contributed by atoms with Crippen LogP contribution in [0, 0.1) is 0 Å². The molecule has 0 unspecified atom stereocenters. The van der Waals surface area contributed by atoms with E-state index in [-0.39, 0.29) is 10.9 Å². The van der Waals surface area contributed by atoms with Crippen LogP contribution in [0.3, 0.4) is 0 Å². The van der Waals surface area contributed by atoms with Crippen LogP contribution in [0.25, 0.3) is 0 Å². The molecule has 2 rings (SSSR count). The summed E-state index contributed by atoms with van der Waals surface area (Å²) >= 11 is 0. The van der Waals surface area contributed by atoms with Crippen LogP contribution in [0.2, 0.25) is 0 Å². The van der Waals surface area contributed by atoms with Crippen molar-refractivity contribution in [1.29, 1.82) is 0 Å². The number of nitrogens with two attached hydrogens (primary N) is 1. The highest BCUT2D eigenvalue weighted by atomic mass is 32.2. The zero-order chi connectivity index (χ0) is 13.2. The molecule has 1 aliphatic carbocycles. The lowest BCUT2D eigenvalue weighted by atomic mass is 9.98. The van der Waals surface area contributed by atoms with Crippen LogP contribution in [0.4, 0.5) is 0 Å². The molecule has 0 spiro atoms. The van der Waals surface area contributed by atoms with Crippen LogP contribution >= 0.6 is 0 Å². The summed E-state index contributed by atoms with van der Waals surface area (Å²) < 4.78 is 26.7. The highest BCUT2D eigenvalue weighted by Gasteiger charge is 2.42. The quantitative estimate of drug-likeness (QED) is 0.260. The highest BCUT2D eigenvalue weighted by Crippen LogP contribution is 2.31. The monoisotopic (exact) mass is 273 g/mol. The average molecular weight is 273 g/mol. The third-order valence-electron chi connectivity index (χ3n) is 3.15. The topological polar surface area (TPSA) is 133 Å². The second-order valence-electron chi connectivity index (χ2n) is 4.30. The molecular weight excluding hydrogens is 258 g/mol. The van der Waals surface area contributed by atoms with E-state index in [0.29, 0.717) is 12.8 Å². The Balaban J connectivity index is 2.31. The van der Waals surface area contributed by atoms with E-state index in [1.807, 2.05) is 0 Å². The van der Waals surface area contributed by atoms with Crippen LogP contribution < -0.4 is 10.5 Å². The Hall–Kier alpha value is -1.61. The Morgan fingerprint density at radius 3 is 2.72 bits per heavy atom. The van der Waals surface area contributed by atoms with Gasteiger partial charge in [-0.05, 0) is 12.8 Å². The minimum atomic E-state index is -3.75. The molecule has 0 aliphatic heterocycles. The van der Waals surface area contributed by atoms with E-state index < -0.39 is 15.6 Å². The molecule has 100 valence electrons. The maximum atomic E-state index is 12.1. The lowest BCUT2D eigenvalue weighted by molar-refractivity contribution is 0.309. The van der Waals surface area contributed by atoms with Gasteiger partial charge in [0, 0.05) is 0 Å². The van der Waals surface area contributed by atoms with Crippen molar-refractivity contribution in [2.24, 2.45) is 10.9 Å². The molecule has 0 radical (unpaired) electrons. The Bertz CT molecular complexity index is 531. The first-order valence-electron chi connectivity index (χ1n) is 5.50. The number of hydrogen-bond donors (Lipinski definition) is 4. The smallest absolute Gasteiger partial charge is 0.258 e. The van der Waals surface area contributed by atoms with E-state index in [9.17, 15) is 8.42 Å². The van der Waals surface area contributed by atoms with Gasteiger partial charge in [0.15, 0.2) is 10.9 Å². The fourth-order valence-corrected chi connectivity index (χ4v) is 3.53. The highest BCUT2D eigenvalue weighted by molar-refractivity contribution is 7.89. The summed E-state index contributed by atoms with van der Waals surface area (Å²) in [5, 5.41) is 11.7. The van der Waals surface area contributed by atoms with Crippen LogP contribution in [-0.2, 0) is 10.0 Å². The molecule has 1 saturated carbocycles. The molecule has 1 aromatic heterocycles. The van der Waals surface area contributed by atoms with E-state index in [2.05, 4.69) is 19.8 Å². The van der Waals surface area contributed by atoms with Crippen LogP contribution in [0.15, 0.2) is 22.7 Å². The Labute approximate surface area is 104 Å². The maximum absolute atomic E-state index is 12.1. The minimum absolute atomic E-state index is 0.0421. The fraction of sp³-hybridized carbons (Fsp3) is 0.556. The number of oxime groups is 1. The number of aromatic amines is 1. The molecular formula is C9H15N5O3S. The molecule has 18 heavy (non-hydrogen) atoms. The SMILES string of the molecule is N/C(=N\O)C1(NS(=O)(=O)c2cnc[nH]2)CCCC1. The van der Waals surface area contributed by atoms with Gasteiger partial charge in [-0.15, -0.1) is 0 Å². The second-order valence-corrected chi connectivity index (χ2v) is 5.95. The van der Waals surface area contributed by atoms with Gasteiger partial charge in [0.1, 0.15) is 0 Å². The maximum Gasteiger partial charge on any atom is 0.258 e. The summed E-state index contributed by atoms with van der Waals surface area (Å²) in [4.78, 5) is 6.19. The standard InChI is InChI=1S/C9H15N5O3S/c10-8(13-15)9(3-1-2-4-9)14-18(16,17)7-5-11-6-12-7/h5-6,14-15H,1-4H2,(H2,10,13)(H,11,12). The van der Waals surface area contributed by atoms with Crippen LogP contribution in [0.1, 0.15) is 25.7 Å².